The van der Waals surface area contributed by atoms with E-state index in [1.165, 1.54) is 0 Å². The number of aromatic nitrogens is 2. The molecule has 0 saturated carbocycles. The molecule has 2 heterocycles. The first-order valence-corrected chi connectivity index (χ1v) is 4.89. The number of hydrogen-bond acceptors (Lipinski definition) is 3. The molecule has 0 bridgehead atoms. The zero-order valence-electron chi connectivity index (χ0n) is 8.60. The molecule has 0 radical (unpaired) electrons. The summed E-state index contributed by atoms with van der Waals surface area (Å²) in [4.78, 5) is 18.6. The second-order valence-electron chi connectivity index (χ2n) is 3.29. The number of H-pyrrole nitrogens is 1. The van der Waals surface area contributed by atoms with Crippen molar-refractivity contribution in [3.63, 3.8) is 0 Å². The van der Waals surface area contributed by atoms with E-state index in [4.69, 9.17) is 5.73 Å². The summed E-state index contributed by atoms with van der Waals surface area (Å²) in [6.07, 6.45) is 3.34. The van der Waals surface area contributed by atoms with Gasteiger partial charge in [0.15, 0.2) is 0 Å². The minimum atomic E-state index is -0.244. The van der Waals surface area contributed by atoms with Gasteiger partial charge in [0, 0.05) is 18.9 Å². The number of nitrogens with zero attached hydrogens (tertiary/aromatic N) is 1. The highest BCUT2D eigenvalue weighted by atomic mass is 16.1. The van der Waals surface area contributed by atoms with Crippen LogP contribution in [0.3, 0.4) is 0 Å². The first kappa shape index (κ1) is 10.4. The monoisotopic (exact) mass is 216 g/mol. The van der Waals surface area contributed by atoms with E-state index in [0.717, 1.165) is 5.56 Å². The van der Waals surface area contributed by atoms with Crippen molar-refractivity contribution in [3.05, 3.63) is 47.9 Å². The fourth-order valence-corrected chi connectivity index (χ4v) is 1.27. The Morgan fingerprint density at radius 2 is 2.31 bits per heavy atom. The largest absolute Gasteiger partial charge is 0.348 e. The van der Waals surface area contributed by atoms with Crippen LogP contribution in [0.5, 0.6) is 0 Å². The number of nitrogens with one attached hydrogen (secondary N) is 2. The van der Waals surface area contributed by atoms with E-state index in [1.807, 2.05) is 0 Å². The lowest BCUT2D eigenvalue weighted by Crippen LogP contribution is -2.14. The third-order valence-corrected chi connectivity index (χ3v) is 2.14. The quantitative estimate of drug-likeness (QED) is 0.718. The van der Waals surface area contributed by atoms with E-state index in [9.17, 15) is 4.79 Å². The number of carbonyl (C=O) groups is 1. The Balaban J connectivity index is 2.09. The molecule has 1 amide bonds. The van der Waals surface area contributed by atoms with E-state index >= 15 is 0 Å². The van der Waals surface area contributed by atoms with Crippen LogP contribution in [0, 0.1) is 0 Å². The van der Waals surface area contributed by atoms with Gasteiger partial charge in [0.1, 0.15) is 11.5 Å². The van der Waals surface area contributed by atoms with E-state index in [2.05, 4.69) is 15.3 Å². The molecule has 0 unspecified atom stereocenters. The average molecular weight is 216 g/mol. The summed E-state index contributed by atoms with van der Waals surface area (Å²) in [7, 11) is 0. The molecular weight excluding hydrogens is 204 g/mol. The van der Waals surface area contributed by atoms with Crippen molar-refractivity contribution in [1.29, 1.82) is 0 Å². The molecule has 16 heavy (non-hydrogen) atoms. The van der Waals surface area contributed by atoms with Crippen molar-refractivity contribution in [2.45, 2.75) is 6.54 Å². The Morgan fingerprint density at radius 1 is 1.44 bits per heavy atom. The molecule has 5 heteroatoms. The van der Waals surface area contributed by atoms with E-state index in [0.29, 0.717) is 18.1 Å². The predicted octanol–water partition coefficient (Wildman–Crippen LogP) is 1.12. The maximum absolute atomic E-state index is 11.7. The summed E-state index contributed by atoms with van der Waals surface area (Å²) in [5, 5.41) is 2.69. The van der Waals surface area contributed by atoms with Gasteiger partial charge in [-0.1, -0.05) is 6.07 Å². The third kappa shape index (κ3) is 2.26. The molecule has 5 nitrogen and oxygen atoms in total. The van der Waals surface area contributed by atoms with E-state index in [1.54, 1.807) is 36.7 Å². The SMILES string of the molecule is NCc1ccc(C(=O)Nc2ccc[nH]2)nc1. The van der Waals surface area contributed by atoms with Crippen LogP contribution < -0.4 is 11.1 Å². The third-order valence-electron chi connectivity index (χ3n) is 2.14. The van der Waals surface area contributed by atoms with Crippen LogP contribution in [0.15, 0.2) is 36.7 Å². The lowest BCUT2D eigenvalue weighted by molar-refractivity contribution is 0.102. The first-order valence-electron chi connectivity index (χ1n) is 4.89. The van der Waals surface area contributed by atoms with Crippen LogP contribution in [-0.4, -0.2) is 15.9 Å². The van der Waals surface area contributed by atoms with Gasteiger partial charge in [-0.2, -0.15) is 0 Å². The van der Waals surface area contributed by atoms with Gasteiger partial charge in [0.05, 0.1) is 0 Å². The van der Waals surface area contributed by atoms with Crippen molar-refractivity contribution >= 4 is 11.7 Å². The maximum Gasteiger partial charge on any atom is 0.275 e. The molecule has 2 aromatic heterocycles. The standard InChI is InChI=1S/C11H12N4O/c12-6-8-3-4-9(14-7-8)11(16)15-10-2-1-5-13-10/h1-5,7,13H,6,12H2,(H,15,16). The van der Waals surface area contributed by atoms with Crippen LogP contribution in [0.2, 0.25) is 0 Å². The van der Waals surface area contributed by atoms with Gasteiger partial charge in [0.25, 0.3) is 5.91 Å². The molecule has 0 aliphatic carbocycles. The normalized spacial score (nSPS) is 10.1. The molecule has 0 spiro atoms. The molecule has 0 saturated heterocycles. The maximum atomic E-state index is 11.7. The molecule has 82 valence electrons. The molecule has 0 aliphatic rings. The molecule has 0 aromatic carbocycles. The van der Waals surface area contributed by atoms with Gasteiger partial charge in [-0.05, 0) is 23.8 Å². The van der Waals surface area contributed by atoms with Crippen molar-refractivity contribution in [2.24, 2.45) is 5.73 Å². The minimum Gasteiger partial charge on any atom is -0.348 e. The Hall–Kier alpha value is -2.14. The zero-order chi connectivity index (χ0) is 11.4. The second kappa shape index (κ2) is 4.59. The van der Waals surface area contributed by atoms with Gasteiger partial charge in [-0.25, -0.2) is 0 Å². The molecule has 2 aromatic rings. The predicted molar refractivity (Wildman–Crippen MR) is 60.9 cm³/mol. The number of nitrogens with two attached hydrogens (primary N) is 1. The summed E-state index contributed by atoms with van der Waals surface area (Å²) < 4.78 is 0. The lowest BCUT2D eigenvalue weighted by atomic mass is 10.2. The van der Waals surface area contributed by atoms with Crippen LogP contribution in [0.4, 0.5) is 5.82 Å². The highest BCUT2D eigenvalue weighted by molar-refractivity contribution is 6.02. The Kier molecular flexibility index (Phi) is 2.98. The lowest BCUT2D eigenvalue weighted by Gasteiger charge is -2.02. The Bertz CT molecular complexity index is 461. The summed E-state index contributed by atoms with van der Waals surface area (Å²) in [5.41, 5.74) is 6.71. The van der Waals surface area contributed by atoms with Gasteiger partial charge >= 0.3 is 0 Å². The number of amides is 1. The smallest absolute Gasteiger partial charge is 0.275 e. The summed E-state index contributed by atoms with van der Waals surface area (Å²) in [6, 6.07) is 7.02. The van der Waals surface area contributed by atoms with Crippen molar-refractivity contribution in [1.82, 2.24) is 9.97 Å². The van der Waals surface area contributed by atoms with E-state index in [-0.39, 0.29) is 5.91 Å². The van der Waals surface area contributed by atoms with Crippen molar-refractivity contribution in [2.75, 3.05) is 5.32 Å². The second-order valence-corrected chi connectivity index (χ2v) is 3.29. The number of pyridine rings is 1. The van der Waals surface area contributed by atoms with Gasteiger partial charge in [-0.3, -0.25) is 9.78 Å². The average Bonchev–Trinajstić information content (AvgIpc) is 2.82. The number of hydrogen-bond donors (Lipinski definition) is 3. The summed E-state index contributed by atoms with van der Waals surface area (Å²) in [6.45, 7) is 0.422. The molecule has 0 aliphatic heterocycles. The van der Waals surface area contributed by atoms with Crippen LogP contribution >= 0.6 is 0 Å². The van der Waals surface area contributed by atoms with Crippen LogP contribution in [-0.2, 0) is 6.54 Å². The summed E-state index contributed by atoms with van der Waals surface area (Å²) >= 11 is 0. The van der Waals surface area contributed by atoms with Gasteiger partial charge < -0.3 is 16.0 Å². The first-order chi connectivity index (χ1) is 7.79. The number of aromatic amines is 1. The molecule has 2 rings (SSSR count). The van der Waals surface area contributed by atoms with Crippen molar-refractivity contribution in [3.8, 4) is 0 Å². The van der Waals surface area contributed by atoms with E-state index < -0.39 is 0 Å². The topological polar surface area (TPSA) is 83.8 Å². The van der Waals surface area contributed by atoms with Crippen LogP contribution in [0.25, 0.3) is 0 Å². The zero-order valence-corrected chi connectivity index (χ0v) is 8.60. The Morgan fingerprint density at radius 3 is 2.88 bits per heavy atom. The fourth-order valence-electron chi connectivity index (χ4n) is 1.27. The molecule has 0 atom stereocenters. The fraction of sp³-hybridized carbons (Fsp3) is 0.0909. The van der Waals surface area contributed by atoms with Crippen LogP contribution in [0.1, 0.15) is 16.1 Å². The molecular formula is C11H12N4O. The van der Waals surface area contributed by atoms with Gasteiger partial charge in [-0.15, -0.1) is 0 Å². The highest BCUT2D eigenvalue weighted by Gasteiger charge is 2.07. The molecule has 4 N–H and O–H groups in total. The number of rotatable bonds is 3. The number of anilines is 1. The van der Waals surface area contributed by atoms with Crippen molar-refractivity contribution < 1.29 is 4.79 Å². The number of carbonyl (C=O) groups excluding carboxylic acids is 1. The van der Waals surface area contributed by atoms with Gasteiger partial charge in [0.2, 0.25) is 0 Å². The Labute approximate surface area is 92.7 Å². The molecule has 0 fully saturated rings. The summed E-state index contributed by atoms with van der Waals surface area (Å²) in [5.74, 6) is 0.403. The minimum absolute atomic E-state index is 0.244. The highest BCUT2D eigenvalue weighted by Crippen LogP contribution is 2.05.